The van der Waals surface area contributed by atoms with Gasteiger partial charge in [-0.2, -0.15) is 0 Å². The summed E-state index contributed by atoms with van der Waals surface area (Å²) in [5.74, 6) is -1.36. The molecule has 116 valence electrons. The average Bonchev–Trinajstić information content (AvgIpc) is 2.85. The van der Waals surface area contributed by atoms with Crippen molar-refractivity contribution < 1.29 is 14.7 Å². The quantitative estimate of drug-likeness (QED) is 0.779. The number of aryl methyl sites for hydroxylation is 2. The standard InChI is InChI=1S/C17H15N3O3/c1-10-6-7-12(17(22)23)9-13(10)19-16(21)15-11(2)18-14-5-3-4-8-20(14)15/h3-9H,1-2H3,(H,19,21)(H,22,23). The molecule has 1 aromatic carbocycles. The molecule has 2 N–H and O–H groups in total. The van der Waals surface area contributed by atoms with Gasteiger partial charge in [0, 0.05) is 11.9 Å². The van der Waals surface area contributed by atoms with Gasteiger partial charge in [0.15, 0.2) is 0 Å². The van der Waals surface area contributed by atoms with Crippen LogP contribution in [0.5, 0.6) is 0 Å². The van der Waals surface area contributed by atoms with Crippen molar-refractivity contribution >= 4 is 23.2 Å². The fourth-order valence-corrected chi connectivity index (χ4v) is 2.46. The minimum Gasteiger partial charge on any atom is -0.478 e. The minimum absolute atomic E-state index is 0.126. The first-order valence-electron chi connectivity index (χ1n) is 7.06. The number of fused-ring (bicyclic) bond motifs is 1. The fraction of sp³-hybridized carbons (Fsp3) is 0.118. The Balaban J connectivity index is 2.00. The molecule has 0 radical (unpaired) electrons. The molecular weight excluding hydrogens is 294 g/mol. The number of nitrogens with one attached hydrogen (secondary N) is 1. The van der Waals surface area contributed by atoms with Gasteiger partial charge in [0.05, 0.1) is 11.3 Å². The van der Waals surface area contributed by atoms with Crippen LogP contribution in [0.25, 0.3) is 5.65 Å². The number of nitrogens with zero attached hydrogens (tertiary/aromatic N) is 2. The third kappa shape index (κ3) is 2.66. The topological polar surface area (TPSA) is 83.7 Å². The van der Waals surface area contributed by atoms with Crippen molar-refractivity contribution in [2.45, 2.75) is 13.8 Å². The summed E-state index contributed by atoms with van der Waals surface area (Å²) >= 11 is 0. The first kappa shape index (κ1) is 14.8. The number of hydrogen-bond acceptors (Lipinski definition) is 3. The van der Waals surface area contributed by atoms with Crippen LogP contribution in [0.15, 0.2) is 42.6 Å². The van der Waals surface area contributed by atoms with E-state index in [4.69, 9.17) is 5.11 Å². The number of rotatable bonds is 3. The van der Waals surface area contributed by atoms with Gasteiger partial charge in [0.25, 0.3) is 5.91 Å². The number of benzene rings is 1. The normalized spacial score (nSPS) is 10.7. The van der Waals surface area contributed by atoms with Crippen LogP contribution in [0, 0.1) is 13.8 Å². The highest BCUT2D eigenvalue weighted by atomic mass is 16.4. The Kier molecular flexibility index (Phi) is 3.57. The van der Waals surface area contributed by atoms with Crippen molar-refractivity contribution in [3.63, 3.8) is 0 Å². The molecule has 1 amide bonds. The SMILES string of the molecule is Cc1ccc(C(=O)O)cc1NC(=O)c1c(C)nc2ccccn12. The van der Waals surface area contributed by atoms with E-state index in [9.17, 15) is 9.59 Å². The first-order valence-corrected chi connectivity index (χ1v) is 7.06. The van der Waals surface area contributed by atoms with Gasteiger partial charge in [0.2, 0.25) is 0 Å². The second-order valence-electron chi connectivity index (χ2n) is 5.26. The lowest BCUT2D eigenvalue weighted by Gasteiger charge is -2.10. The molecule has 2 heterocycles. The molecule has 0 spiro atoms. The highest BCUT2D eigenvalue weighted by Gasteiger charge is 2.17. The van der Waals surface area contributed by atoms with E-state index in [0.29, 0.717) is 22.7 Å². The summed E-state index contributed by atoms with van der Waals surface area (Å²) in [5, 5.41) is 11.9. The molecule has 0 unspecified atom stereocenters. The lowest BCUT2D eigenvalue weighted by atomic mass is 10.1. The number of imidazole rings is 1. The van der Waals surface area contributed by atoms with Crippen LogP contribution in [0.3, 0.4) is 0 Å². The van der Waals surface area contributed by atoms with Crippen LogP contribution < -0.4 is 5.32 Å². The van der Waals surface area contributed by atoms with E-state index in [1.54, 1.807) is 23.6 Å². The Bertz CT molecular complexity index is 928. The number of carbonyl (C=O) groups is 2. The van der Waals surface area contributed by atoms with Gasteiger partial charge in [-0.1, -0.05) is 12.1 Å². The summed E-state index contributed by atoms with van der Waals surface area (Å²) in [6.07, 6.45) is 1.77. The molecule has 2 aromatic heterocycles. The number of amides is 1. The third-order valence-corrected chi connectivity index (χ3v) is 3.65. The van der Waals surface area contributed by atoms with Crippen LogP contribution in [-0.2, 0) is 0 Å². The number of hydrogen-bond donors (Lipinski definition) is 2. The number of aromatic carboxylic acids is 1. The molecule has 0 bridgehead atoms. The predicted molar refractivity (Wildman–Crippen MR) is 86.0 cm³/mol. The number of anilines is 1. The fourth-order valence-electron chi connectivity index (χ4n) is 2.46. The van der Waals surface area contributed by atoms with E-state index in [1.807, 2.05) is 25.1 Å². The van der Waals surface area contributed by atoms with Crippen molar-refractivity contribution in [1.29, 1.82) is 0 Å². The Morgan fingerprint density at radius 3 is 2.70 bits per heavy atom. The van der Waals surface area contributed by atoms with E-state index in [1.165, 1.54) is 12.1 Å². The third-order valence-electron chi connectivity index (χ3n) is 3.65. The zero-order valence-electron chi connectivity index (χ0n) is 12.7. The van der Waals surface area contributed by atoms with Crippen LogP contribution >= 0.6 is 0 Å². The number of pyridine rings is 1. The van der Waals surface area contributed by atoms with Crippen molar-refractivity contribution in [3.8, 4) is 0 Å². The summed E-state index contributed by atoms with van der Waals surface area (Å²) in [6.45, 7) is 3.57. The summed E-state index contributed by atoms with van der Waals surface area (Å²) in [6, 6.07) is 10.1. The van der Waals surface area contributed by atoms with Gasteiger partial charge >= 0.3 is 5.97 Å². The Labute approximate surface area is 132 Å². The van der Waals surface area contributed by atoms with Gasteiger partial charge in [0.1, 0.15) is 11.3 Å². The van der Waals surface area contributed by atoms with E-state index >= 15 is 0 Å². The number of carboxylic acid groups (broad SMARTS) is 1. The maximum Gasteiger partial charge on any atom is 0.335 e. The Hall–Kier alpha value is -3.15. The molecule has 23 heavy (non-hydrogen) atoms. The van der Waals surface area contributed by atoms with Crippen molar-refractivity contribution in [2.24, 2.45) is 0 Å². The van der Waals surface area contributed by atoms with Crippen LogP contribution in [0.4, 0.5) is 5.69 Å². The molecule has 0 saturated heterocycles. The number of carboxylic acids is 1. The second-order valence-corrected chi connectivity index (χ2v) is 5.26. The van der Waals surface area contributed by atoms with E-state index < -0.39 is 5.97 Å². The van der Waals surface area contributed by atoms with Crippen molar-refractivity contribution in [3.05, 3.63) is 65.1 Å². The van der Waals surface area contributed by atoms with Crippen molar-refractivity contribution in [2.75, 3.05) is 5.32 Å². The van der Waals surface area contributed by atoms with Gasteiger partial charge in [-0.3, -0.25) is 9.20 Å². The first-order chi connectivity index (χ1) is 11.0. The maximum absolute atomic E-state index is 12.6. The number of aromatic nitrogens is 2. The molecule has 0 fully saturated rings. The van der Waals surface area contributed by atoms with Crippen molar-refractivity contribution in [1.82, 2.24) is 9.38 Å². The van der Waals surface area contributed by atoms with E-state index in [2.05, 4.69) is 10.3 Å². The summed E-state index contributed by atoms with van der Waals surface area (Å²) < 4.78 is 1.71. The average molecular weight is 309 g/mol. The lowest BCUT2D eigenvalue weighted by molar-refractivity contribution is 0.0696. The van der Waals surface area contributed by atoms with Crippen LogP contribution in [0.2, 0.25) is 0 Å². The molecule has 0 aliphatic heterocycles. The molecule has 0 atom stereocenters. The zero-order valence-corrected chi connectivity index (χ0v) is 12.7. The monoisotopic (exact) mass is 309 g/mol. The van der Waals surface area contributed by atoms with E-state index in [0.717, 1.165) is 5.56 Å². The Morgan fingerprint density at radius 1 is 1.17 bits per heavy atom. The van der Waals surface area contributed by atoms with Gasteiger partial charge in [-0.15, -0.1) is 0 Å². The minimum atomic E-state index is -1.04. The van der Waals surface area contributed by atoms with Gasteiger partial charge < -0.3 is 10.4 Å². The molecular formula is C17H15N3O3. The molecule has 3 aromatic rings. The second kappa shape index (κ2) is 5.57. The predicted octanol–water partition coefficient (Wildman–Crippen LogP) is 2.90. The molecule has 0 aliphatic carbocycles. The summed E-state index contributed by atoms with van der Waals surface area (Å²) in [7, 11) is 0. The van der Waals surface area contributed by atoms with Gasteiger partial charge in [-0.25, -0.2) is 9.78 Å². The van der Waals surface area contributed by atoms with Crippen LogP contribution in [-0.4, -0.2) is 26.4 Å². The largest absolute Gasteiger partial charge is 0.478 e. The maximum atomic E-state index is 12.6. The molecule has 0 aliphatic rings. The molecule has 6 heteroatoms. The summed E-state index contributed by atoms with van der Waals surface area (Å²) in [5.41, 5.74) is 3.11. The highest BCUT2D eigenvalue weighted by Crippen LogP contribution is 2.19. The van der Waals surface area contributed by atoms with Gasteiger partial charge in [-0.05, 0) is 43.7 Å². The lowest BCUT2D eigenvalue weighted by Crippen LogP contribution is -2.16. The Morgan fingerprint density at radius 2 is 1.96 bits per heavy atom. The summed E-state index contributed by atoms with van der Waals surface area (Å²) in [4.78, 5) is 28.1. The smallest absolute Gasteiger partial charge is 0.335 e. The molecule has 0 saturated carbocycles. The highest BCUT2D eigenvalue weighted by molar-refractivity contribution is 6.05. The zero-order chi connectivity index (χ0) is 16.6. The number of carbonyl (C=O) groups excluding carboxylic acids is 1. The van der Waals surface area contributed by atoms with E-state index in [-0.39, 0.29) is 11.5 Å². The molecule has 3 rings (SSSR count). The van der Waals surface area contributed by atoms with Crippen LogP contribution in [0.1, 0.15) is 32.1 Å². The molecule has 6 nitrogen and oxygen atoms in total.